The topological polar surface area (TPSA) is 52.3 Å². The number of carbonyl (C=O) groups is 1. The highest BCUT2D eigenvalue weighted by molar-refractivity contribution is 6.05. The molecule has 2 rings (SSSR count). The van der Waals surface area contributed by atoms with E-state index in [1.807, 2.05) is 0 Å². The Morgan fingerprint density at radius 2 is 1.75 bits per heavy atom. The number of hydrogen-bond donors (Lipinski definition) is 1. The predicted octanol–water partition coefficient (Wildman–Crippen LogP) is 3.43. The maximum atomic E-state index is 12.5. The van der Waals surface area contributed by atoms with Crippen molar-refractivity contribution in [2.75, 3.05) is 0 Å². The first-order chi connectivity index (χ1) is 9.32. The van der Waals surface area contributed by atoms with Crippen LogP contribution in [0.5, 0.6) is 5.75 Å². The molecule has 0 aliphatic heterocycles. The van der Waals surface area contributed by atoms with Crippen LogP contribution in [0.15, 0.2) is 24.3 Å². The maximum absolute atomic E-state index is 12.5. The maximum Gasteiger partial charge on any atom is 0.573 e. The molecule has 0 saturated heterocycles. The van der Waals surface area contributed by atoms with E-state index in [4.69, 9.17) is 5.73 Å². The molecule has 0 heterocycles. The molecule has 110 valence electrons. The molecule has 0 bridgehead atoms. The van der Waals surface area contributed by atoms with Crippen LogP contribution in [-0.4, -0.2) is 17.7 Å². The number of alkyl halides is 3. The number of halogens is 3. The van der Waals surface area contributed by atoms with Crippen LogP contribution in [0.2, 0.25) is 0 Å². The zero-order chi connectivity index (χ0) is 14.8. The van der Waals surface area contributed by atoms with Gasteiger partial charge in [-0.3, -0.25) is 4.79 Å². The number of carbonyl (C=O) groups excluding carboxylic acids is 1. The van der Waals surface area contributed by atoms with Gasteiger partial charge >= 0.3 is 6.36 Å². The number of ketones is 1. The summed E-state index contributed by atoms with van der Waals surface area (Å²) >= 11 is 0. The second-order valence-corrected chi connectivity index (χ2v) is 5.09. The summed E-state index contributed by atoms with van der Waals surface area (Å²) in [6, 6.07) is 5.35. The quantitative estimate of drug-likeness (QED) is 0.866. The van der Waals surface area contributed by atoms with Crippen LogP contribution < -0.4 is 10.5 Å². The Hall–Kier alpha value is -1.56. The molecule has 20 heavy (non-hydrogen) atoms. The summed E-state index contributed by atoms with van der Waals surface area (Å²) in [4.78, 5) is 12.5. The van der Waals surface area contributed by atoms with Crippen molar-refractivity contribution in [2.45, 2.75) is 44.0 Å². The largest absolute Gasteiger partial charge is 0.573 e. The van der Waals surface area contributed by atoms with E-state index in [1.165, 1.54) is 18.2 Å². The Kier molecular flexibility index (Phi) is 4.04. The molecule has 1 aromatic carbocycles. The Balaban J connectivity index is 2.30. The summed E-state index contributed by atoms with van der Waals surface area (Å²) in [7, 11) is 0. The molecule has 1 aliphatic rings. The minimum Gasteiger partial charge on any atom is -0.405 e. The van der Waals surface area contributed by atoms with Gasteiger partial charge in [0.05, 0.1) is 11.1 Å². The lowest BCUT2D eigenvalue weighted by Gasteiger charge is -2.32. The Morgan fingerprint density at radius 3 is 2.35 bits per heavy atom. The molecule has 1 aliphatic carbocycles. The average Bonchev–Trinajstić information content (AvgIpc) is 2.37. The number of para-hydroxylation sites is 1. The highest BCUT2D eigenvalue weighted by Crippen LogP contribution is 2.33. The third-order valence-electron chi connectivity index (χ3n) is 3.56. The Labute approximate surface area is 114 Å². The van der Waals surface area contributed by atoms with Crippen LogP contribution in [0, 0.1) is 0 Å². The number of nitrogens with two attached hydrogens (primary N) is 1. The summed E-state index contributed by atoms with van der Waals surface area (Å²) in [6.45, 7) is 0. The van der Waals surface area contributed by atoms with Crippen molar-refractivity contribution in [2.24, 2.45) is 5.73 Å². The summed E-state index contributed by atoms with van der Waals surface area (Å²) in [5.74, 6) is -0.961. The van der Waals surface area contributed by atoms with Crippen LogP contribution in [0.1, 0.15) is 42.5 Å². The molecule has 2 N–H and O–H groups in total. The van der Waals surface area contributed by atoms with E-state index >= 15 is 0 Å². The summed E-state index contributed by atoms with van der Waals surface area (Å²) in [5, 5.41) is 0. The summed E-state index contributed by atoms with van der Waals surface area (Å²) < 4.78 is 41.0. The fraction of sp³-hybridized carbons (Fsp3) is 0.500. The van der Waals surface area contributed by atoms with Crippen LogP contribution >= 0.6 is 0 Å². The highest BCUT2D eigenvalue weighted by Gasteiger charge is 2.39. The van der Waals surface area contributed by atoms with E-state index in [2.05, 4.69) is 4.74 Å². The molecule has 1 aromatic rings. The third-order valence-corrected chi connectivity index (χ3v) is 3.56. The highest BCUT2D eigenvalue weighted by atomic mass is 19.4. The van der Waals surface area contributed by atoms with Gasteiger partial charge in [0.15, 0.2) is 5.78 Å². The van der Waals surface area contributed by atoms with Crippen molar-refractivity contribution < 1.29 is 22.7 Å². The molecule has 1 fully saturated rings. The smallest absolute Gasteiger partial charge is 0.405 e. The third kappa shape index (κ3) is 3.30. The fourth-order valence-corrected chi connectivity index (χ4v) is 2.55. The van der Waals surface area contributed by atoms with Crippen LogP contribution in [0.25, 0.3) is 0 Å². The summed E-state index contributed by atoms with van der Waals surface area (Å²) in [6.07, 6.45) is -1.23. The molecule has 1 saturated carbocycles. The zero-order valence-corrected chi connectivity index (χ0v) is 10.9. The van der Waals surface area contributed by atoms with Crippen molar-refractivity contribution in [3.05, 3.63) is 29.8 Å². The minimum absolute atomic E-state index is 0.103. The monoisotopic (exact) mass is 287 g/mol. The first kappa shape index (κ1) is 14.8. The molecule has 0 radical (unpaired) electrons. The SMILES string of the molecule is NC1(C(=O)c2ccccc2OC(F)(F)F)CCCCC1. The van der Waals surface area contributed by atoms with Gasteiger partial charge in [0.25, 0.3) is 0 Å². The van der Waals surface area contributed by atoms with E-state index in [-0.39, 0.29) is 5.56 Å². The molecule has 3 nitrogen and oxygen atoms in total. The van der Waals surface area contributed by atoms with Crippen LogP contribution in [0.4, 0.5) is 13.2 Å². The number of rotatable bonds is 3. The second kappa shape index (κ2) is 5.44. The minimum atomic E-state index is -4.83. The normalized spacial score (nSPS) is 18.6. The lowest BCUT2D eigenvalue weighted by Crippen LogP contribution is -2.49. The lowest BCUT2D eigenvalue weighted by atomic mass is 9.77. The van der Waals surface area contributed by atoms with Gasteiger partial charge in [-0.25, -0.2) is 0 Å². The Bertz CT molecular complexity index is 493. The molecular weight excluding hydrogens is 271 g/mol. The lowest BCUT2D eigenvalue weighted by molar-refractivity contribution is -0.274. The molecular formula is C14H16F3NO2. The molecule has 0 amide bonds. The number of Topliss-reactive ketones (excluding diaryl/α,β-unsaturated/α-hetero) is 1. The van der Waals surface area contributed by atoms with Crippen molar-refractivity contribution >= 4 is 5.78 Å². The van der Waals surface area contributed by atoms with E-state index in [1.54, 1.807) is 0 Å². The standard InChI is InChI=1S/C14H16F3NO2/c15-14(16,17)20-11-7-3-2-6-10(11)12(19)13(18)8-4-1-5-9-13/h2-3,6-7H,1,4-5,8-9,18H2. The van der Waals surface area contributed by atoms with E-state index in [0.717, 1.165) is 25.3 Å². The van der Waals surface area contributed by atoms with Crippen molar-refractivity contribution in [3.8, 4) is 5.75 Å². The molecule has 0 unspecified atom stereocenters. The molecule has 6 heteroatoms. The van der Waals surface area contributed by atoms with E-state index in [0.29, 0.717) is 12.8 Å². The van der Waals surface area contributed by atoms with Gasteiger partial charge < -0.3 is 10.5 Å². The Morgan fingerprint density at radius 1 is 1.15 bits per heavy atom. The predicted molar refractivity (Wildman–Crippen MR) is 67.5 cm³/mol. The number of hydrogen-bond acceptors (Lipinski definition) is 3. The van der Waals surface area contributed by atoms with E-state index < -0.39 is 23.4 Å². The van der Waals surface area contributed by atoms with E-state index in [9.17, 15) is 18.0 Å². The van der Waals surface area contributed by atoms with Crippen molar-refractivity contribution in [3.63, 3.8) is 0 Å². The van der Waals surface area contributed by atoms with Gasteiger partial charge in [-0.2, -0.15) is 0 Å². The van der Waals surface area contributed by atoms with Crippen molar-refractivity contribution in [1.82, 2.24) is 0 Å². The number of ether oxygens (including phenoxy) is 1. The van der Waals surface area contributed by atoms with Gasteiger partial charge in [-0.05, 0) is 25.0 Å². The van der Waals surface area contributed by atoms with Crippen molar-refractivity contribution in [1.29, 1.82) is 0 Å². The first-order valence-corrected chi connectivity index (χ1v) is 6.50. The van der Waals surface area contributed by atoms with Gasteiger partial charge in [0.2, 0.25) is 0 Å². The first-order valence-electron chi connectivity index (χ1n) is 6.50. The van der Waals surface area contributed by atoms with Gasteiger partial charge in [0, 0.05) is 0 Å². The van der Waals surface area contributed by atoms with Crippen LogP contribution in [-0.2, 0) is 0 Å². The average molecular weight is 287 g/mol. The van der Waals surface area contributed by atoms with Crippen LogP contribution in [0.3, 0.4) is 0 Å². The molecule has 0 spiro atoms. The molecule has 0 atom stereocenters. The second-order valence-electron chi connectivity index (χ2n) is 5.09. The van der Waals surface area contributed by atoms with Gasteiger partial charge in [-0.1, -0.05) is 31.4 Å². The van der Waals surface area contributed by atoms with Gasteiger partial charge in [-0.15, -0.1) is 13.2 Å². The van der Waals surface area contributed by atoms with Gasteiger partial charge in [0.1, 0.15) is 5.75 Å². The molecule has 0 aromatic heterocycles. The fourth-order valence-electron chi connectivity index (χ4n) is 2.55. The zero-order valence-electron chi connectivity index (χ0n) is 10.9. The summed E-state index contributed by atoms with van der Waals surface area (Å²) in [5.41, 5.74) is 4.90. The number of benzene rings is 1.